The molecule has 1 aliphatic heterocycles. The number of fused-ring (bicyclic) bond motifs is 1. The molecule has 4 heteroatoms. The van der Waals surface area contributed by atoms with Gasteiger partial charge in [-0.25, -0.2) is 0 Å². The zero-order chi connectivity index (χ0) is 23.7. The topological polar surface area (TPSA) is 66.8 Å². The van der Waals surface area contributed by atoms with Gasteiger partial charge in [-0.3, -0.25) is 4.79 Å². The molecule has 0 aromatic heterocycles. The summed E-state index contributed by atoms with van der Waals surface area (Å²) in [6.45, 7) is 10.7. The lowest BCUT2D eigenvalue weighted by Gasteiger charge is -2.32. The van der Waals surface area contributed by atoms with Gasteiger partial charge in [0, 0.05) is 5.56 Å². The molecule has 0 aliphatic carbocycles. The third kappa shape index (κ3) is 8.07. The van der Waals surface area contributed by atoms with Gasteiger partial charge < -0.3 is 14.9 Å². The molecule has 32 heavy (non-hydrogen) atoms. The molecule has 174 valence electrons. The van der Waals surface area contributed by atoms with Gasteiger partial charge >= 0.3 is 5.97 Å². The lowest BCUT2D eigenvalue weighted by atomic mass is 9.92. The average Bonchev–Trinajstić information content (AvgIpc) is 2.69. The van der Waals surface area contributed by atoms with Gasteiger partial charge in [0.15, 0.2) is 11.5 Å². The van der Waals surface area contributed by atoms with Crippen molar-refractivity contribution in [2.24, 2.45) is 0 Å². The second-order valence-corrected chi connectivity index (χ2v) is 9.30. The summed E-state index contributed by atoms with van der Waals surface area (Å²) >= 11 is 0. The molecule has 0 amide bonds. The van der Waals surface area contributed by atoms with E-state index in [2.05, 4.69) is 45.9 Å². The SMILES string of the molecule is CC(C)=CCC/C(C)=C/CC/C(C)=C/CCC1(C)C=Cc2c(CC(=O)O)ccc(O)c2O1. The second kappa shape index (κ2) is 11.8. The van der Waals surface area contributed by atoms with Crippen LogP contribution in [0.4, 0.5) is 0 Å². The molecule has 2 N–H and O–H groups in total. The Morgan fingerprint density at radius 1 is 1.00 bits per heavy atom. The second-order valence-electron chi connectivity index (χ2n) is 9.30. The molecule has 1 unspecified atom stereocenters. The fraction of sp³-hybridized carbons (Fsp3) is 0.464. The Labute approximate surface area is 193 Å². The van der Waals surface area contributed by atoms with Crippen LogP contribution in [-0.4, -0.2) is 21.8 Å². The number of aliphatic carboxylic acids is 1. The highest BCUT2D eigenvalue weighted by atomic mass is 16.5. The van der Waals surface area contributed by atoms with Crippen LogP contribution in [0.1, 0.15) is 84.3 Å². The lowest BCUT2D eigenvalue weighted by molar-refractivity contribution is -0.136. The molecule has 0 spiro atoms. The van der Waals surface area contributed by atoms with Gasteiger partial charge in [-0.05, 0) is 90.8 Å². The van der Waals surface area contributed by atoms with Crippen molar-refractivity contribution >= 4 is 12.0 Å². The Kier molecular flexibility index (Phi) is 9.37. The molecule has 1 aliphatic rings. The summed E-state index contributed by atoms with van der Waals surface area (Å²) in [5.74, 6) is -0.482. The summed E-state index contributed by atoms with van der Waals surface area (Å²) in [7, 11) is 0. The summed E-state index contributed by atoms with van der Waals surface area (Å²) in [6.07, 6.45) is 16.7. The summed E-state index contributed by atoms with van der Waals surface area (Å²) in [5.41, 5.74) is 4.95. The van der Waals surface area contributed by atoms with E-state index in [-0.39, 0.29) is 12.2 Å². The van der Waals surface area contributed by atoms with Crippen LogP contribution in [0.25, 0.3) is 6.08 Å². The fourth-order valence-corrected chi connectivity index (χ4v) is 3.84. The number of hydrogen-bond acceptors (Lipinski definition) is 3. The Balaban J connectivity index is 1.89. The van der Waals surface area contributed by atoms with Crippen molar-refractivity contribution in [2.45, 2.75) is 85.2 Å². The summed E-state index contributed by atoms with van der Waals surface area (Å²) < 4.78 is 6.15. The van der Waals surface area contributed by atoms with Gasteiger partial charge in [0.25, 0.3) is 0 Å². The average molecular weight is 439 g/mol. The van der Waals surface area contributed by atoms with Crippen LogP contribution in [0.5, 0.6) is 11.5 Å². The molecular formula is C28H38O4. The summed E-state index contributed by atoms with van der Waals surface area (Å²) in [5, 5.41) is 19.4. The van der Waals surface area contributed by atoms with Gasteiger partial charge in [-0.2, -0.15) is 0 Å². The van der Waals surface area contributed by atoms with Gasteiger partial charge in [0.2, 0.25) is 0 Å². The van der Waals surface area contributed by atoms with Crippen molar-refractivity contribution in [1.29, 1.82) is 0 Å². The first-order chi connectivity index (χ1) is 15.1. The molecule has 0 radical (unpaired) electrons. The molecule has 1 aromatic carbocycles. The van der Waals surface area contributed by atoms with Crippen molar-refractivity contribution < 1.29 is 19.7 Å². The summed E-state index contributed by atoms with van der Waals surface area (Å²) in [4.78, 5) is 11.1. The molecule has 0 fully saturated rings. The zero-order valence-corrected chi connectivity index (χ0v) is 20.2. The van der Waals surface area contributed by atoms with E-state index in [1.165, 1.54) is 22.8 Å². The van der Waals surface area contributed by atoms with Gasteiger partial charge in [0.05, 0.1) is 6.42 Å². The molecule has 0 saturated carbocycles. The number of benzene rings is 1. The summed E-state index contributed by atoms with van der Waals surface area (Å²) in [6, 6.07) is 3.15. The number of carboxylic acid groups (broad SMARTS) is 1. The zero-order valence-electron chi connectivity index (χ0n) is 20.2. The first kappa shape index (κ1) is 25.5. The monoisotopic (exact) mass is 438 g/mol. The third-order valence-corrected chi connectivity index (χ3v) is 5.80. The van der Waals surface area contributed by atoms with Crippen molar-refractivity contribution in [3.8, 4) is 11.5 Å². The fourth-order valence-electron chi connectivity index (χ4n) is 3.84. The Morgan fingerprint density at radius 2 is 1.62 bits per heavy atom. The van der Waals surface area contributed by atoms with Crippen LogP contribution in [0, 0.1) is 0 Å². The van der Waals surface area contributed by atoms with E-state index in [0.717, 1.165) is 38.5 Å². The van der Waals surface area contributed by atoms with E-state index in [1.807, 2.05) is 19.1 Å². The van der Waals surface area contributed by atoms with Crippen molar-refractivity contribution in [3.05, 3.63) is 64.3 Å². The maximum absolute atomic E-state index is 11.1. The predicted molar refractivity (Wildman–Crippen MR) is 132 cm³/mol. The van der Waals surface area contributed by atoms with Crippen LogP contribution in [-0.2, 0) is 11.2 Å². The number of allylic oxidation sites excluding steroid dienone is 6. The van der Waals surface area contributed by atoms with Gasteiger partial charge in [-0.1, -0.05) is 47.1 Å². The largest absolute Gasteiger partial charge is 0.504 e. The van der Waals surface area contributed by atoms with E-state index in [0.29, 0.717) is 16.9 Å². The minimum atomic E-state index is -0.904. The normalized spacial score (nSPS) is 18.2. The van der Waals surface area contributed by atoms with E-state index >= 15 is 0 Å². The molecule has 4 nitrogen and oxygen atoms in total. The highest BCUT2D eigenvalue weighted by Crippen LogP contribution is 2.41. The van der Waals surface area contributed by atoms with Crippen LogP contribution in [0.2, 0.25) is 0 Å². The minimum absolute atomic E-state index is 0.0446. The Hall–Kier alpha value is -2.75. The number of phenols is 1. The Bertz CT molecular complexity index is 929. The van der Waals surface area contributed by atoms with Crippen LogP contribution < -0.4 is 4.74 Å². The molecule has 1 aromatic rings. The Morgan fingerprint density at radius 3 is 2.25 bits per heavy atom. The molecular weight excluding hydrogens is 400 g/mol. The van der Waals surface area contributed by atoms with E-state index in [9.17, 15) is 9.90 Å². The van der Waals surface area contributed by atoms with Crippen molar-refractivity contribution in [3.63, 3.8) is 0 Å². The number of phenolic OH excluding ortho intramolecular Hbond substituents is 1. The molecule has 1 heterocycles. The van der Waals surface area contributed by atoms with E-state index < -0.39 is 11.6 Å². The molecule has 2 rings (SSSR count). The number of hydrogen-bond donors (Lipinski definition) is 2. The minimum Gasteiger partial charge on any atom is -0.504 e. The molecule has 0 bridgehead atoms. The number of carboxylic acids is 1. The number of aromatic hydroxyl groups is 1. The highest BCUT2D eigenvalue weighted by molar-refractivity contribution is 5.76. The standard InChI is InChI=1S/C28H38O4/c1-20(2)9-6-10-21(3)11-7-12-22(4)13-8-17-28(5)18-16-24-23(19-26(30)31)14-15-25(29)27(24)32-28/h9,11,13-16,18,29H,6-8,10,12,17,19H2,1-5H3,(H,30,31)/b21-11+,22-13+. The number of carbonyl (C=O) groups is 1. The predicted octanol–water partition coefficient (Wildman–Crippen LogP) is 7.38. The maximum atomic E-state index is 11.1. The lowest BCUT2D eigenvalue weighted by Crippen LogP contribution is -2.32. The number of rotatable bonds is 11. The van der Waals surface area contributed by atoms with Crippen LogP contribution in [0.3, 0.4) is 0 Å². The van der Waals surface area contributed by atoms with E-state index in [4.69, 9.17) is 9.84 Å². The van der Waals surface area contributed by atoms with E-state index in [1.54, 1.807) is 6.07 Å². The maximum Gasteiger partial charge on any atom is 0.307 e. The molecule has 0 saturated heterocycles. The van der Waals surface area contributed by atoms with Crippen LogP contribution >= 0.6 is 0 Å². The van der Waals surface area contributed by atoms with Gasteiger partial charge in [-0.15, -0.1) is 0 Å². The molecule has 1 atom stereocenters. The van der Waals surface area contributed by atoms with Crippen molar-refractivity contribution in [1.82, 2.24) is 0 Å². The quantitative estimate of drug-likeness (QED) is 0.354. The van der Waals surface area contributed by atoms with Crippen LogP contribution in [0.15, 0.2) is 53.2 Å². The highest BCUT2D eigenvalue weighted by Gasteiger charge is 2.29. The van der Waals surface area contributed by atoms with Crippen molar-refractivity contribution in [2.75, 3.05) is 0 Å². The smallest absolute Gasteiger partial charge is 0.307 e. The first-order valence-corrected chi connectivity index (χ1v) is 11.5. The number of ether oxygens (including phenoxy) is 1. The van der Waals surface area contributed by atoms with Gasteiger partial charge in [0.1, 0.15) is 5.60 Å². The first-order valence-electron chi connectivity index (χ1n) is 11.5. The third-order valence-electron chi connectivity index (χ3n) is 5.80.